The average Bonchev–Trinajstić information content (AvgIpc) is 2.46. The second-order valence-corrected chi connectivity index (χ2v) is 6.01. The minimum absolute atomic E-state index is 0.128. The molecule has 2 rings (SSSR count). The summed E-state index contributed by atoms with van der Waals surface area (Å²) in [6.07, 6.45) is 2.39. The number of nitrogens with zero attached hydrogens (tertiary/aromatic N) is 2. The van der Waals surface area contributed by atoms with Gasteiger partial charge in [-0.25, -0.2) is 0 Å². The Morgan fingerprint density at radius 1 is 1.55 bits per heavy atom. The fourth-order valence-electron chi connectivity index (χ4n) is 2.58. The maximum absolute atomic E-state index is 10.9. The summed E-state index contributed by atoms with van der Waals surface area (Å²) in [5, 5.41) is 14.4. The summed E-state index contributed by atoms with van der Waals surface area (Å²) in [4.78, 5) is 13.0. The van der Waals surface area contributed by atoms with Gasteiger partial charge in [0.2, 0.25) is 0 Å². The summed E-state index contributed by atoms with van der Waals surface area (Å²) in [7, 11) is 0. The zero-order valence-electron chi connectivity index (χ0n) is 11.6. The topological polar surface area (TPSA) is 58.4 Å². The number of likely N-dealkylation sites (tertiary alicyclic amines) is 1. The molecule has 1 aromatic carbocycles. The van der Waals surface area contributed by atoms with Gasteiger partial charge in [0, 0.05) is 25.2 Å². The summed E-state index contributed by atoms with van der Waals surface area (Å²) < 4.78 is 0.529. The van der Waals surface area contributed by atoms with Crippen LogP contribution in [0.2, 0.25) is 0 Å². The van der Waals surface area contributed by atoms with Crippen molar-refractivity contribution in [3.63, 3.8) is 0 Å². The maximum Gasteiger partial charge on any atom is 0.283 e. The summed E-state index contributed by atoms with van der Waals surface area (Å²) in [5.41, 5.74) is 1.08. The van der Waals surface area contributed by atoms with Crippen molar-refractivity contribution in [1.82, 2.24) is 10.2 Å². The lowest BCUT2D eigenvalue weighted by atomic mass is 10.1. The molecule has 0 amide bonds. The zero-order valence-corrected chi connectivity index (χ0v) is 13.2. The highest BCUT2D eigenvalue weighted by Gasteiger charge is 2.18. The van der Waals surface area contributed by atoms with Crippen molar-refractivity contribution in [3.05, 3.63) is 38.3 Å². The summed E-state index contributed by atoms with van der Waals surface area (Å²) in [6.45, 7) is 6.19. The molecule has 0 saturated carbocycles. The van der Waals surface area contributed by atoms with Gasteiger partial charge in [-0.15, -0.1) is 0 Å². The molecule has 0 aliphatic carbocycles. The zero-order chi connectivity index (χ0) is 14.5. The molecule has 110 valence electrons. The van der Waals surface area contributed by atoms with Gasteiger partial charge in [-0.05, 0) is 53.5 Å². The minimum Gasteiger partial charge on any atom is -0.309 e. The Hall–Kier alpha value is -0.980. The van der Waals surface area contributed by atoms with Gasteiger partial charge >= 0.3 is 0 Å². The number of piperidine rings is 1. The summed E-state index contributed by atoms with van der Waals surface area (Å²) in [5.74, 6) is 0. The molecule has 1 aliphatic rings. The third-order valence-electron chi connectivity index (χ3n) is 3.75. The number of halogens is 1. The smallest absolute Gasteiger partial charge is 0.283 e. The molecule has 0 aromatic heterocycles. The highest BCUT2D eigenvalue weighted by Crippen LogP contribution is 2.25. The van der Waals surface area contributed by atoms with Gasteiger partial charge in [-0.2, -0.15) is 0 Å². The number of likely N-dealkylation sites (N-methyl/N-ethyl adjacent to an activating group) is 1. The van der Waals surface area contributed by atoms with Crippen LogP contribution in [0.3, 0.4) is 0 Å². The molecular formula is C14H20BrN3O2. The fraction of sp³-hybridized carbons (Fsp3) is 0.571. The molecular weight excluding hydrogens is 322 g/mol. The first-order chi connectivity index (χ1) is 9.60. The molecule has 1 saturated heterocycles. The van der Waals surface area contributed by atoms with Gasteiger partial charge < -0.3 is 10.2 Å². The van der Waals surface area contributed by atoms with Crippen LogP contribution in [-0.2, 0) is 6.54 Å². The van der Waals surface area contributed by atoms with Crippen molar-refractivity contribution in [2.24, 2.45) is 0 Å². The monoisotopic (exact) mass is 341 g/mol. The molecule has 0 spiro atoms. The molecule has 0 radical (unpaired) electrons. The summed E-state index contributed by atoms with van der Waals surface area (Å²) >= 11 is 3.21. The molecule has 1 unspecified atom stereocenters. The van der Waals surface area contributed by atoms with Crippen molar-refractivity contribution in [3.8, 4) is 0 Å². The van der Waals surface area contributed by atoms with E-state index < -0.39 is 0 Å². The lowest BCUT2D eigenvalue weighted by Gasteiger charge is -2.32. The van der Waals surface area contributed by atoms with Gasteiger partial charge in [0.1, 0.15) is 0 Å². The van der Waals surface area contributed by atoms with Crippen LogP contribution in [0.5, 0.6) is 0 Å². The largest absolute Gasteiger partial charge is 0.309 e. The van der Waals surface area contributed by atoms with Crippen molar-refractivity contribution in [1.29, 1.82) is 0 Å². The molecule has 1 fully saturated rings. The lowest BCUT2D eigenvalue weighted by molar-refractivity contribution is -0.385. The van der Waals surface area contributed by atoms with E-state index in [9.17, 15) is 10.1 Å². The predicted octanol–water partition coefficient (Wildman–Crippen LogP) is 2.93. The molecule has 1 N–H and O–H groups in total. The van der Waals surface area contributed by atoms with E-state index in [1.165, 1.54) is 19.4 Å². The second kappa shape index (κ2) is 7.15. The third-order valence-corrected chi connectivity index (χ3v) is 4.43. The first kappa shape index (κ1) is 15.4. The number of hydrogen-bond donors (Lipinski definition) is 1. The van der Waals surface area contributed by atoms with E-state index in [1.807, 2.05) is 6.07 Å². The molecule has 1 aromatic rings. The predicted molar refractivity (Wildman–Crippen MR) is 82.8 cm³/mol. The molecule has 5 nitrogen and oxygen atoms in total. The standard InChI is InChI=1S/C14H20BrN3O2/c1-2-17-7-3-4-12(10-17)16-9-11-5-6-13(15)14(8-11)18(19)20/h5-6,8,12,16H,2-4,7,9-10H2,1H3. The SMILES string of the molecule is CCN1CCCC(NCc2ccc(Br)c([N+](=O)[O-])c2)C1. The van der Waals surface area contributed by atoms with E-state index in [0.29, 0.717) is 17.1 Å². The van der Waals surface area contributed by atoms with Crippen LogP contribution >= 0.6 is 15.9 Å². The first-order valence-corrected chi connectivity index (χ1v) is 7.78. The van der Waals surface area contributed by atoms with Gasteiger partial charge in [-0.1, -0.05) is 13.0 Å². The van der Waals surface area contributed by atoms with E-state index in [1.54, 1.807) is 12.1 Å². The van der Waals surface area contributed by atoms with Crippen LogP contribution in [0.15, 0.2) is 22.7 Å². The Labute approximate surface area is 127 Å². The maximum atomic E-state index is 10.9. The van der Waals surface area contributed by atoms with E-state index in [2.05, 4.69) is 33.1 Å². The minimum atomic E-state index is -0.354. The Morgan fingerprint density at radius 3 is 3.05 bits per heavy atom. The van der Waals surface area contributed by atoms with Crippen molar-refractivity contribution in [2.75, 3.05) is 19.6 Å². The van der Waals surface area contributed by atoms with E-state index in [0.717, 1.165) is 18.7 Å². The Morgan fingerprint density at radius 2 is 2.35 bits per heavy atom. The molecule has 0 bridgehead atoms. The molecule has 1 heterocycles. The Balaban J connectivity index is 1.93. The van der Waals surface area contributed by atoms with Crippen molar-refractivity contribution < 1.29 is 4.92 Å². The van der Waals surface area contributed by atoms with Crippen LogP contribution in [0.4, 0.5) is 5.69 Å². The average molecular weight is 342 g/mol. The fourth-order valence-corrected chi connectivity index (χ4v) is 2.97. The number of hydrogen-bond acceptors (Lipinski definition) is 4. The number of nitro benzene ring substituents is 1. The van der Waals surface area contributed by atoms with Crippen LogP contribution < -0.4 is 5.32 Å². The van der Waals surface area contributed by atoms with Crippen LogP contribution in [0.1, 0.15) is 25.3 Å². The van der Waals surface area contributed by atoms with E-state index in [-0.39, 0.29) is 10.6 Å². The second-order valence-electron chi connectivity index (χ2n) is 5.16. The van der Waals surface area contributed by atoms with Crippen LogP contribution in [0, 0.1) is 10.1 Å². The number of rotatable bonds is 5. The van der Waals surface area contributed by atoms with E-state index >= 15 is 0 Å². The first-order valence-electron chi connectivity index (χ1n) is 6.98. The van der Waals surface area contributed by atoms with Gasteiger partial charge in [0.25, 0.3) is 5.69 Å². The van der Waals surface area contributed by atoms with Crippen LogP contribution in [0.25, 0.3) is 0 Å². The number of nitrogens with one attached hydrogen (secondary N) is 1. The number of benzene rings is 1. The highest BCUT2D eigenvalue weighted by molar-refractivity contribution is 9.10. The summed E-state index contributed by atoms with van der Waals surface area (Å²) in [6, 6.07) is 5.78. The quantitative estimate of drug-likeness (QED) is 0.660. The van der Waals surface area contributed by atoms with E-state index in [4.69, 9.17) is 0 Å². The Kier molecular flexibility index (Phi) is 5.51. The highest BCUT2D eigenvalue weighted by atomic mass is 79.9. The normalized spacial score (nSPS) is 20.0. The molecule has 20 heavy (non-hydrogen) atoms. The molecule has 1 aliphatic heterocycles. The van der Waals surface area contributed by atoms with Crippen molar-refractivity contribution >= 4 is 21.6 Å². The van der Waals surface area contributed by atoms with Gasteiger partial charge in [0.15, 0.2) is 0 Å². The molecule has 6 heteroatoms. The Bertz CT molecular complexity index is 481. The third kappa shape index (κ3) is 4.01. The van der Waals surface area contributed by atoms with Gasteiger partial charge in [0.05, 0.1) is 9.40 Å². The van der Waals surface area contributed by atoms with Gasteiger partial charge in [-0.3, -0.25) is 10.1 Å². The molecule has 1 atom stereocenters. The number of nitro groups is 1. The van der Waals surface area contributed by atoms with Crippen molar-refractivity contribution in [2.45, 2.75) is 32.4 Å². The van der Waals surface area contributed by atoms with Crippen LogP contribution in [-0.4, -0.2) is 35.5 Å². The lowest BCUT2D eigenvalue weighted by Crippen LogP contribution is -2.45.